The van der Waals surface area contributed by atoms with Gasteiger partial charge in [0.15, 0.2) is 0 Å². The molecule has 0 radical (unpaired) electrons. The Balaban J connectivity index is 1.88. The Bertz CT molecular complexity index is 787. The molecule has 1 atom stereocenters. The van der Waals surface area contributed by atoms with Crippen LogP contribution in [0.25, 0.3) is 6.08 Å². The number of rotatable bonds is 3. The number of nitrogens with zero attached hydrogens (tertiary/aromatic N) is 1. The number of thiocarbonyl (C=S) groups is 1. The predicted octanol–water partition coefficient (Wildman–Crippen LogP) is 4.35. The first-order valence-electron chi connectivity index (χ1n) is 7.17. The number of hydrogen-bond acceptors (Lipinski definition) is 4. The fourth-order valence-corrected chi connectivity index (χ4v) is 3.88. The zero-order chi connectivity index (χ0) is 16.4. The summed E-state index contributed by atoms with van der Waals surface area (Å²) in [5, 5.41) is 9.54. The van der Waals surface area contributed by atoms with Crippen LogP contribution in [0.5, 0.6) is 5.75 Å². The maximum absolute atomic E-state index is 12.7. The quantitative estimate of drug-likeness (QED) is 0.665. The molecule has 5 heteroatoms. The van der Waals surface area contributed by atoms with Crippen LogP contribution in [0.2, 0.25) is 0 Å². The standard InChI is InChI=1S/C18H15NO2S2/c1-12(14-7-3-2-4-8-14)19-17(21)16(23-18(19)22)11-13-6-5-9-15(20)10-13/h2-12,20H,1H3. The van der Waals surface area contributed by atoms with E-state index >= 15 is 0 Å². The number of amides is 1. The second kappa shape index (κ2) is 6.56. The highest BCUT2D eigenvalue weighted by atomic mass is 32.2. The molecule has 1 heterocycles. The molecule has 3 nitrogen and oxygen atoms in total. The molecule has 1 unspecified atom stereocenters. The molecule has 0 saturated carbocycles. The second-order valence-electron chi connectivity index (χ2n) is 5.23. The molecule has 0 spiro atoms. The van der Waals surface area contributed by atoms with Gasteiger partial charge in [-0.25, -0.2) is 0 Å². The van der Waals surface area contributed by atoms with E-state index < -0.39 is 0 Å². The van der Waals surface area contributed by atoms with E-state index in [4.69, 9.17) is 12.2 Å². The van der Waals surface area contributed by atoms with Crippen molar-refractivity contribution in [2.75, 3.05) is 0 Å². The lowest BCUT2D eigenvalue weighted by Crippen LogP contribution is -2.30. The van der Waals surface area contributed by atoms with Crippen LogP contribution in [0.4, 0.5) is 0 Å². The summed E-state index contributed by atoms with van der Waals surface area (Å²) in [6.07, 6.45) is 1.76. The minimum Gasteiger partial charge on any atom is -0.508 e. The fourth-order valence-electron chi connectivity index (χ4n) is 2.46. The first-order chi connectivity index (χ1) is 11.1. The van der Waals surface area contributed by atoms with Crippen molar-refractivity contribution in [1.82, 2.24) is 4.90 Å². The third kappa shape index (κ3) is 3.30. The SMILES string of the molecule is CC(c1ccccc1)N1C(=O)C(=Cc2cccc(O)c2)SC1=S. The van der Waals surface area contributed by atoms with Crippen molar-refractivity contribution < 1.29 is 9.90 Å². The second-order valence-corrected chi connectivity index (χ2v) is 6.91. The largest absolute Gasteiger partial charge is 0.508 e. The van der Waals surface area contributed by atoms with Crippen molar-refractivity contribution >= 4 is 40.3 Å². The minimum atomic E-state index is -0.112. The number of aromatic hydroxyl groups is 1. The van der Waals surface area contributed by atoms with Gasteiger partial charge in [0.05, 0.1) is 10.9 Å². The molecule has 23 heavy (non-hydrogen) atoms. The molecule has 1 fully saturated rings. The van der Waals surface area contributed by atoms with Crippen LogP contribution < -0.4 is 0 Å². The van der Waals surface area contributed by atoms with Crippen molar-refractivity contribution in [3.63, 3.8) is 0 Å². The summed E-state index contributed by atoms with van der Waals surface area (Å²) < 4.78 is 0.553. The summed E-state index contributed by atoms with van der Waals surface area (Å²) >= 11 is 6.68. The number of phenolic OH excluding ortho intramolecular Hbond substituents is 1. The Hall–Kier alpha value is -2.11. The molecule has 0 aliphatic carbocycles. The van der Waals surface area contributed by atoms with Crippen molar-refractivity contribution in [2.45, 2.75) is 13.0 Å². The molecule has 3 rings (SSSR count). The third-order valence-corrected chi connectivity index (χ3v) is 4.99. The lowest BCUT2D eigenvalue weighted by atomic mass is 10.1. The molecule has 0 bridgehead atoms. The molecule has 0 aromatic heterocycles. The highest BCUT2D eigenvalue weighted by Crippen LogP contribution is 2.38. The van der Waals surface area contributed by atoms with Gasteiger partial charge in [-0.2, -0.15) is 0 Å². The molecule has 116 valence electrons. The molecular weight excluding hydrogens is 326 g/mol. The third-order valence-electron chi connectivity index (χ3n) is 3.66. The van der Waals surface area contributed by atoms with Crippen LogP contribution in [0.1, 0.15) is 24.1 Å². The molecule has 1 saturated heterocycles. The zero-order valence-corrected chi connectivity index (χ0v) is 14.1. The van der Waals surface area contributed by atoms with E-state index in [1.54, 1.807) is 29.2 Å². The number of carbonyl (C=O) groups is 1. The number of hydrogen-bond donors (Lipinski definition) is 1. The average molecular weight is 341 g/mol. The number of carbonyl (C=O) groups excluding carboxylic acids is 1. The molecule has 2 aromatic carbocycles. The molecule has 2 aromatic rings. The predicted molar refractivity (Wildman–Crippen MR) is 98.0 cm³/mol. The van der Waals surface area contributed by atoms with Crippen LogP contribution in [-0.2, 0) is 4.79 Å². The Labute approximate surface area is 144 Å². The smallest absolute Gasteiger partial charge is 0.266 e. The van der Waals surface area contributed by atoms with E-state index in [-0.39, 0.29) is 17.7 Å². The van der Waals surface area contributed by atoms with Gasteiger partial charge < -0.3 is 5.11 Å². The van der Waals surface area contributed by atoms with Gasteiger partial charge in [0.2, 0.25) is 0 Å². The van der Waals surface area contributed by atoms with E-state index in [1.807, 2.05) is 43.3 Å². The van der Waals surface area contributed by atoms with Crippen LogP contribution in [0.3, 0.4) is 0 Å². The summed E-state index contributed by atoms with van der Waals surface area (Å²) in [4.78, 5) is 14.9. The Morgan fingerprint density at radius 2 is 1.91 bits per heavy atom. The summed E-state index contributed by atoms with van der Waals surface area (Å²) in [7, 11) is 0. The average Bonchev–Trinajstić information content (AvgIpc) is 2.81. The first kappa shape index (κ1) is 15.8. The molecule has 1 aliphatic rings. The van der Waals surface area contributed by atoms with Crippen molar-refractivity contribution in [3.8, 4) is 5.75 Å². The van der Waals surface area contributed by atoms with Crippen LogP contribution in [0.15, 0.2) is 59.5 Å². The van der Waals surface area contributed by atoms with E-state index in [0.717, 1.165) is 11.1 Å². The lowest BCUT2D eigenvalue weighted by Gasteiger charge is -2.23. The Morgan fingerprint density at radius 3 is 2.61 bits per heavy atom. The van der Waals surface area contributed by atoms with Crippen molar-refractivity contribution in [1.29, 1.82) is 0 Å². The Morgan fingerprint density at radius 1 is 1.17 bits per heavy atom. The minimum absolute atomic E-state index is 0.0975. The number of phenols is 1. The van der Waals surface area contributed by atoms with E-state index in [2.05, 4.69) is 0 Å². The van der Waals surface area contributed by atoms with E-state index in [0.29, 0.717) is 9.23 Å². The van der Waals surface area contributed by atoms with Crippen LogP contribution in [-0.4, -0.2) is 20.2 Å². The van der Waals surface area contributed by atoms with Crippen molar-refractivity contribution in [2.24, 2.45) is 0 Å². The maximum Gasteiger partial charge on any atom is 0.266 e. The molecular formula is C18H15NO2S2. The first-order valence-corrected chi connectivity index (χ1v) is 8.40. The summed E-state index contributed by atoms with van der Waals surface area (Å²) in [5.41, 5.74) is 1.82. The van der Waals surface area contributed by atoms with Gasteiger partial charge in [0.25, 0.3) is 5.91 Å². The van der Waals surface area contributed by atoms with Gasteiger partial charge in [-0.3, -0.25) is 9.69 Å². The molecule has 1 aliphatic heterocycles. The number of benzene rings is 2. The zero-order valence-electron chi connectivity index (χ0n) is 12.5. The Kier molecular flexibility index (Phi) is 4.50. The summed E-state index contributed by atoms with van der Waals surface area (Å²) in [6, 6.07) is 16.5. The topological polar surface area (TPSA) is 40.5 Å². The van der Waals surface area contributed by atoms with Gasteiger partial charge in [-0.05, 0) is 36.3 Å². The summed E-state index contributed by atoms with van der Waals surface area (Å²) in [6.45, 7) is 1.97. The van der Waals surface area contributed by atoms with E-state index in [1.165, 1.54) is 11.8 Å². The van der Waals surface area contributed by atoms with E-state index in [9.17, 15) is 9.90 Å². The molecule has 1 N–H and O–H groups in total. The van der Waals surface area contributed by atoms with Gasteiger partial charge in [0, 0.05) is 0 Å². The van der Waals surface area contributed by atoms with Gasteiger partial charge in [-0.1, -0.05) is 66.4 Å². The van der Waals surface area contributed by atoms with Crippen LogP contribution in [0, 0.1) is 0 Å². The highest BCUT2D eigenvalue weighted by Gasteiger charge is 2.35. The maximum atomic E-state index is 12.7. The number of thioether (sulfide) groups is 1. The summed E-state index contributed by atoms with van der Waals surface area (Å²) in [5.74, 6) is 0.0755. The molecule has 1 amide bonds. The van der Waals surface area contributed by atoms with Gasteiger partial charge in [-0.15, -0.1) is 0 Å². The monoisotopic (exact) mass is 341 g/mol. The van der Waals surface area contributed by atoms with Crippen molar-refractivity contribution in [3.05, 3.63) is 70.6 Å². The van der Waals surface area contributed by atoms with Crippen LogP contribution >= 0.6 is 24.0 Å². The van der Waals surface area contributed by atoms with Gasteiger partial charge >= 0.3 is 0 Å². The van der Waals surface area contributed by atoms with Gasteiger partial charge in [0.1, 0.15) is 10.1 Å². The fraction of sp³-hybridized carbons (Fsp3) is 0.111. The lowest BCUT2D eigenvalue weighted by molar-refractivity contribution is -0.123. The normalized spacial score (nSPS) is 17.8. The highest BCUT2D eigenvalue weighted by molar-refractivity contribution is 8.26.